The second-order valence-corrected chi connectivity index (χ2v) is 7.45. The number of rotatable bonds is 0. The summed E-state index contributed by atoms with van der Waals surface area (Å²) in [5.41, 5.74) is 1.94. The van der Waals surface area contributed by atoms with Crippen LogP contribution in [0.1, 0.15) is 0 Å². The third-order valence-electron chi connectivity index (χ3n) is 4.41. The van der Waals surface area contributed by atoms with Crippen molar-refractivity contribution in [1.82, 2.24) is 15.0 Å². The Morgan fingerprint density at radius 3 is 2.43 bits per heavy atom. The predicted octanol–water partition coefficient (Wildman–Crippen LogP) is 2.76. The average molecular weight is 335 g/mol. The van der Waals surface area contributed by atoms with Gasteiger partial charge in [-0.1, -0.05) is 0 Å². The first-order chi connectivity index (χ1) is 11.3. The molecule has 110 valence electrons. The molecular formula is C16H9N5S2. The Balaban J connectivity index is 2.17. The fraction of sp³-hybridized carbons (Fsp3) is 0.125. The summed E-state index contributed by atoms with van der Waals surface area (Å²) < 4.78 is 2.47. The number of hydrogen-bond donors (Lipinski definition) is 0. The summed E-state index contributed by atoms with van der Waals surface area (Å²) in [6, 6.07) is 4.27. The van der Waals surface area contributed by atoms with Crippen molar-refractivity contribution in [3.63, 3.8) is 0 Å². The number of fused-ring (bicyclic) bond motifs is 11. The highest BCUT2D eigenvalue weighted by Gasteiger charge is 2.20. The molecule has 0 atom stereocenters. The number of aryl methyl sites for hydroxylation is 1. The van der Waals surface area contributed by atoms with Gasteiger partial charge >= 0.3 is 0 Å². The van der Waals surface area contributed by atoms with E-state index in [9.17, 15) is 0 Å². The maximum atomic E-state index is 4.69. The van der Waals surface area contributed by atoms with Gasteiger partial charge in [0, 0.05) is 38.0 Å². The average Bonchev–Trinajstić information content (AvgIpc) is 3.30. The Bertz CT molecular complexity index is 1400. The zero-order chi connectivity index (χ0) is 15.1. The number of hydrogen-bond acceptors (Lipinski definition) is 6. The van der Waals surface area contributed by atoms with E-state index in [4.69, 9.17) is 4.99 Å². The van der Waals surface area contributed by atoms with E-state index in [1.54, 1.807) is 27.5 Å². The molecule has 0 bridgehead atoms. The zero-order valence-electron chi connectivity index (χ0n) is 12.1. The van der Waals surface area contributed by atoms with Gasteiger partial charge in [-0.25, -0.2) is 0 Å². The monoisotopic (exact) mass is 335 g/mol. The largest absolute Gasteiger partial charge is 0.259 e. The van der Waals surface area contributed by atoms with E-state index in [2.05, 4.69) is 38.1 Å². The van der Waals surface area contributed by atoms with Gasteiger partial charge in [-0.05, 0) is 22.9 Å². The quantitative estimate of drug-likeness (QED) is 0.437. The van der Waals surface area contributed by atoms with Gasteiger partial charge in [-0.2, -0.15) is 15.0 Å². The van der Waals surface area contributed by atoms with Crippen LogP contribution in [0.15, 0.2) is 32.9 Å². The van der Waals surface area contributed by atoms with Crippen LogP contribution in [0, 0.1) is 0 Å². The lowest BCUT2D eigenvalue weighted by molar-refractivity contribution is 0.666. The SMILES string of the molecule is Cn1nc2c3ccsc3c3c4c(c5ccsc5c3c2n1)=NCN=4. The molecule has 7 heteroatoms. The first-order valence-electron chi connectivity index (χ1n) is 7.25. The smallest absolute Gasteiger partial charge is 0.130 e. The van der Waals surface area contributed by atoms with Crippen molar-refractivity contribution >= 4 is 64.7 Å². The second-order valence-electron chi connectivity index (χ2n) is 5.62. The van der Waals surface area contributed by atoms with Gasteiger partial charge in [-0.15, -0.1) is 22.7 Å². The molecule has 5 aromatic rings. The normalized spacial score (nSPS) is 14.0. The summed E-state index contributed by atoms with van der Waals surface area (Å²) >= 11 is 3.49. The molecule has 0 radical (unpaired) electrons. The van der Waals surface area contributed by atoms with E-state index in [0.29, 0.717) is 6.67 Å². The molecule has 0 fully saturated rings. The molecule has 2 aromatic carbocycles. The van der Waals surface area contributed by atoms with Crippen LogP contribution in [0.3, 0.4) is 0 Å². The van der Waals surface area contributed by atoms with E-state index in [1.807, 2.05) is 7.05 Å². The van der Waals surface area contributed by atoms with Gasteiger partial charge in [0.05, 0.1) is 10.7 Å². The van der Waals surface area contributed by atoms with Crippen molar-refractivity contribution in [1.29, 1.82) is 0 Å². The highest BCUT2D eigenvalue weighted by atomic mass is 32.1. The first kappa shape index (κ1) is 12.1. The van der Waals surface area contributed by atoms with E-state index in [-0.39, 0.29) is 0 Å². The van der Waals surface area contributed by atoms with Crippen LogP contribution >= 0.6 is 22.7 Å². The number of aromatic nitrogens is 3. The molecule has 3 aromatic heterocycles. The van der Waals surface area contributed by atoms with Gasteiger partial charge in [-0.3, -0.25) is 9.98 Å². The van der Waals surface area contributed by atoms with Crippen LogP contribution in [0.5, 0.6) is 0 Å². The summed E-state index contributed by atoms with van der Waals surface area (Å²) in [5.74, 6) is 0. The Labute approximate surface area is 137 Å². The third-order valence-corrected chi connectivity index (χ3v) is 6.28. The molecule has 0 unspecified atom stereocenters. The van der Waals surface area contributed by atoms with Crippen molar-refractivity contribution in [3.05, 3.63) is 33.6 Å². The Morgan fingerprint density at radius 1 is 0.870 bits per heavy atom. The van der Waals surface area contributed by atoms with E-state index < -0.39 is 0 Å². The molecule has 0 saturated heterocycles. The molecule has 0 spiro atoms. The molecule has 0 N–H and O–H groups in total. The Kier molecular flexibility index (Phi) is 2.06. The fourth-order valence-electron chi connectivity index (χ4n) is 3.55. The maximum absolute atomic E-state index is 4.69. The molecule has 4 heterocycles. The summed E-state index contributed by atoms with van der Waals surface area (Å²) in [4.78, 5) is 11.0. The molecule has 6 rings (SSSR count). The predicted molar refractivity (Wildman–Crippen MR) is 94.0 cm³/mol. The summed E-state index contributed by atoms with van der Waals surface area (Å²) in [7, 11) is 1.88. The Hall–Kier alpha value is -2.38. The van der Waals surface area contributed by atoms with Crippen molar-refractivity contribution in [3.8, 4) is 0 Å². The van der Waals surface area contributed by atoms with Crippen molar-refractivity contribution < 1.29 is 0 Å². The number of nitrogens with zero attached hydrogens (tertiary/aromatic N) is 5. The minimum absolute atomic E-state index is 0.519. The topological polar surface area (TPSA) is 55.4 Å². The van der Waals surface area contributed by atoms with E-state index >= 15 is 0 Å². The molecule has 1 aliphatic heterocycles. The highest BCUT2D eigenvalue weighted by molar-refractivity contribution is 7.19. The molecule has 0 saturated carbocycles. The first-order valence-corrected chi connectivity index (χ1v) is 9.01. The van der Waals surface area contributed by atoms with Crippen molar-refractivity contribution in [2.24, 2.45) is 17.0 Å². The van der Waals surface area contributed by atoms with Gasteiger partial charge in [0.15, 0.2) is 0 Å². The Morgan fingerprint density at radius 2 is 1.57 bits per heavy atom. The maximum Gasteiger partial charge on any atom is 0.130 e. The van der Waals surface area contributed by atoms with Gasteiger partial charge in [0.2, 0.25) is 0 Å². The van der Waals surface area contributed by atoms with Gasteiger partial charge in [0.1, 0.15) is 17.7 Å². The molecule has 0 amide bonds. The summed E-state index contributed by atoms with van der Waals surface area (Å²) in [6.45, 7) is 0.519. The fourth-order valence-corrected chi connectivity index (χ4v) is 5.45. The molecule has 23 heavy (non-hydrogen) atoms. The number of thiophene rings is 2. The lowest BCUT2D eigenvalue weighted by Crippen LogP contribution is -2.23. The highest BCUT2D eigenvalue weighted by Crippen LogP contribution is 2.38. The van der Waals surface area contributed by atoms with Crippen molar-refractivity contribution in [2.45, 2.75) is 0 Å². The van der Waals surface area contributed by atoms with Crippen LogP contribution in [-0.2, 0) is 7.05 Å². The minimum Gasteiger partial charge on any atom is -0.259 e. The molecule has 5 nitrogen and oxygen atoms in total. The minimum atomic E-state index is 0.519. The second kappa shape index (κ2) is 3.93. The van der Waals surface area contributed by atoms with Crippen molar-refractivity contribution in [2.75, 3.05) is 6.67 Å². The standard InChI is InChI=1S/C16H9N5S2/c1-21-19-12-8-3-5-23-16(8)9-10(14(12)20-21)15-7(2-4-22-15)11-13(9)18-6-17-11/h2-5H,6H2,1H3. The summed E-state index contributed by atoms with van der Waals surface area (Å²) in [6.07, 6.45) is 0. The van der Waals surface area contributed by atoms with Crippen LogP contribution in [0.2, 0.25) is 0 Å². The van der Waals surface area contributed by atoms with E-state index in [1.165, 1.54) is 25.6 Å². The van der Waals surface area contributed by atoms with Gasteiger partial charge < -0.3 is 0 Å². The van der Waals surface area contributed by atoms with E-state index in [0.717, 1.165) is 27.1 Å². The third kappa shape index (κ3) is 1.33. The number of benzene rings is 2. The molecular weight excluding hydrogens is 326 g/mol. The lowest BCUT2D eigenvalue weighted by atomic mass is 10.0. The zero-order valence-corrected chi connectivity index (χ0v) is 13.7. The molecule has 0 aliphatic carbocycles. The van der Waals surface area contributed by atoms with Crippen LogP contribution in [-0.4, -0.2) is 21.7 Å². The van der Waals surface area contributed by atoms with Crippen LogP contribution < -0.4 is 10.7 Å². The summed E-state index contributed by atoms with van der Waals surface area (Å²) in [5, 5.41) is 20.3. The van der Waals surface area contributed by atoms with Gasteiger partial charge in [0.25, 0.3) is 0 Å². The van der Waals surface area contributed by atoms with Crippen LogP contribution in [0.4, 0.5) is 0 Å². The van der Waals surface area contributed by atoms with Crippen LogP contribution in [0.25, 0.3) is 42.0 Å². The molecule has 1 aliphatic rings. The lowest BCUT2D eigenvalue weighted by Gasteiger charge is -2.03.